The zero-order valence-electron chi connectivity index (χ0n) is 12.4. The Bertz CT molecular complexity index is 711. The minimum absolute atomic E-state index is 0.126. The van der Waals surface area contributed by atoms with Gasteiger partial charge in [0.2, 0.25) is 0 Å². The van der Waals surface area contributed by atoms with Gasteiger partial charge in [-0.15, -0.1) is 0 Å². The van der Waals surface area contributed by atoms with Gasteiger partial charge in [0.25, 0.3) is 5.56 Å². The van der Waals surface area contributed by atoms with Crippen molar-refractivity contribution in [1.29, 1.82) is 0 Å². The van der Waals surface area contributed by atoms with E-state index in [2.05, 4.69) is 9.97 Å². The molecular weight excluding hydrogens is 383 g/mol. The molecule has 0 saturated heterocycles. The van der Waals surface area contributed by atoms with Crippen LogP contribution in [0.5, 0.6) is 11.5 Å². The molecule has 0 aliphatic rings. The fourth-order valence-electron chi connectivity index (χ4n) is 1.98. The molecule has 1 N–H and O–H groups in total. The van der Waals surface area contributed by atoms with Crippen molar-refractivity contribution < 1.29 is 9.47 Å². The Hall–Kier alpha value is -1.57. The van der Waals surface area contributed by atoms with Crippen LogP contribution in [0, 0.1) is 3.57 Å². The van der Waals surface area contributed by atoms with E-state index in [-0.39, 0.29) is 11.5 Å². The smallest absolute Gasteiger partial charge is 0.264 e. The van der Waals surface area contributed by atoms with Gasteiger partial charge in [0.1, 0.15) is 5.82 Å². The molecule has 5 nitrogen and oxygen atoms in total. The van der Waals surface area contributed by atoms with Crippen LogP contribution < -0.4 is 15.0 Å². The summed E-state index contributed by atoms with van der Waals surface area (Å²) in [7, 11) is 3.16. The lowest BCUT2D eigenvalue weighted by molar-refractivity contribution is 0.355. The first kappa shape index (κ1) is 15.8. The van der Waals surface area contributed by atoms with Gasteiger partial charge in [-0.2, -0.15) is 0 Å². The Morgan fingerprint density at radius 3 is 2.43 bits per heavy atom. The zero-order chi connectivity index (χ0) is 15.6. The van der Waals surface area contributed by atoms with Crippen LogP contribution in [0.3, 0.4) is 0 Å². The third-order valence-electron chi connectivity index (χ3n) is 3.09. The molecule has 2 rings (SSSR count). The Balaban J connectivity index is 2.59. The summed E-state index contributed by atoms with van der Waals surface area (Å²) < 4.78 is 11.1. The van der Waals surface area contributed by atoms with Crippen LogP contribution in [-0.2, 0) is 0 Å². The van der Waals surface area contributed by atoms with Crippen LogP contribution in [0.15, 0.2) is 23.0 Å². The lowest BCUT2D eigenvalue weighted by Gasteiger charge is -2.12. The van der Waals surface area contributed by atoms with Crippen LogP contribution in [0.4, 0.5) is 0 Å². The van der Waals surface area contributed by atoms with E-state index in [1.807, 2.05) is 42.5 Å². The molecule has 1 heterocycles. The lowest BCUT2D eigenvalue weighted by atomic mass is 10.1. The van der Waals surface area contributed by atoms with Crippen LogP contribution in [0.2, 0.25) is 0 Å². The van der Waals surface area contributed by atoms with E-state index < -0.39 is 0 Å². The number of nitrogens with zero attached hydrogens (tertiary/aromatic N) is 1. The molecule has 0 spiro atoms. The van der Waals surface area contributed by atoms with Crippen molar-refractivity contribution in [2.75, 3.05) is 14.2 Å². The molecule has 2 aromatic rings. The highest BCUT2D eigenvalue weighted by Crippen LogP contribution is 2.31. The molecule has 1 aromatic heterocycles. The van der Waals surface area contributed by atoms with Crippen molar-refractivity contribution in [2.24, 2.45) is 0 Å². The molecule has 21 heavy (non-hydrogen) atoms. The van der Waals surface area contributed by atoms with Crippen molar-refractivity contribution in [3.05, 3.63) is 37.8 Å². The van der Waals surface area contributed by atoms with Crippen molar-refractivity contribution in [3.63, 3.8) is 0 Å². The van der Waals surface area contributed by atoms with E-state index in [4.69, 9.17) is 9.47 Å². The number of methoxy groups -OCH3 is 2. The van der Waals surface area contributed by atoms with Gasteiger partial charge in [-0.25, -0.2) is 4.98 Å². The Kier molecular flexibility index (Phi) is 4.87. The van der Waals surface area contributed by atoms with Gasteiger partial charge >= 0.3 is 0 Å². The molecule has 0 fully saturated rings. The van der Waals surface area contributed by atoms with E-state index in [0.29, 0.717) is 20.9 Å². The molecule has 0 saturated carbocycles. The predicted octanol–water partition coefficient (Wildman–Crippen LogP) is 3.18. The first-order chi connectivity index (χ1) is 9.97. The standard InChI is InChI=1S/C15H17IN2O3/c1-8(2)13-12(16)15(19)18-14(17-13)9-5-6-10(20-3)11(7-9)21-4/h5-8H,1-4H3,(H,17,18,19). The van der Waals surface area contributed by atoms with E-state index in [1.54, 1.807) is 26.4 Å². The Labute approximate surface area is 136 Å². The van der Waals surface area contributed by atoms with Crippen molar-refractivity contribution in [3.8, 4) is 22.9 Å². The van der Waals surface area contributed by atoms with Crippen LogP contribution in [0.1, 0.15) is 25.5 Å². The van der Waals surface area contributed by atoms with Crippen LogP contribution in [0.25, 0.3) is 11.4 Å². The SMILES string of the molecule is COc1ccc(-c2nc(C(C)C)c(I)c(=O)[nH]2)cc1OC. The van der Waals surface area contributed by atoms with E-state index in [1.165, 1.54) is 0 Å². The minimum Gasteiger partial charge on any atom is -0.493 e. The summed E-state index contributed by atoms with van der Waals surface area (Å²) in [4.78, 5) is 19.4. The number of hydrogen-bond donors (Lipinski definition) is 1. The number of H-pyrrole nitrogens is 1. The van der Waals surface area contributed by atoms with Gasteiger partial charge in [-0.1, -0.05) is 13.8 Å². The maximum atomic E-state index is 12.1. The van der Waals surface area contributed by atoms with Gasteiger partial charge < -0.3 is 14.5 Å². The second kappa shape index (κ2) is 6.46. The maximum absolute atomic E-state index is 12.1. The third-order valence-corrected chi connectivity index (χ3v) is 4.13. The largest absolute Gasteiger partial charge is 0.493 e. The number of aromatic amines is 1. The van der Waals surface area contributed by atoms with Gasteiger partial charge in [0.15, 0.2) is 11.5 Å². The summed E-state index contributed by atoms with van der Waals surface area (Å²) >= 11 is 2.03. The number of nitrogens with one attached hydrogen (secondary N) is 1. The first-order valence-electron chi connectivity index (χ1n) is 6.50. The zero-order valence-corrected chi connectivity index (χ0v) is 14.5. The number of ether oxygens (including phenoxy) is 2. The number of aromatic nitrogens is 2. The number of benzene rings is 1. The Morgan fingerprint density at radius 1 is 1.19 bits per heavy atom. The topological polar surface area (TPSA) is 64.2 Å². The Morgan fingerprint density at radius 2 is 1.86 bits per heavy atom. The summed E-state index contributed by atoms with van der Waals surface area (Å²) in [5.41, 5.74) is 1.45. The summed E-state index contributed by atoms with van der Waals surface area (Å²) in [5, 5.41) is 0. The molecule has 1 aromatic carbocycles. The molecule has 6 heteroatoms. The van der Waals surface area contributed by atoms with E-state index >= 15 is 0 Å². The summed E-state index contributed by atoms with van der Waals surface area (Å²) in [5.74, 6) is 1.95. The summed E-state index contributed by atoms with van der Waals surface area (Å²) in [6.07, 6.45) is 0. The van der Waals surface area contributed by atoms with Gasteiger partial charge in [-0.05, 0) is 46.7 Å². The first-order valence-corrected chi connectivity index (χ1v) is 7.58. The van der Waals surface area contributed by atoms with E-state index in [9.17, 15) is 4.79 Å². The quantitative estimate of drug-likeness (QED) is 0.801. The maximum Gasteiger partial charge on any atom is 0.264 e. The molecular formula is C15H17IN2O3. The second-order valence-electron chi connectivity index (χ2n) is 4.84. The highest BCUT2D eigenvalue weighted by molar-refractivity contribution is 14.1. The molecule has 112 valence electrons. The lowest BCUT2D eigenvalue weighted by Crippen LogP contribution is -2.17. The third kappa shape index (κ3) is 3.20. The fourth-order valence-corrected chi connectivity index (χ4v) is 2.86. The number of halogens is 1. The highest BCUT2D eigenvalue weighted by Gasteiger charge is 2.14. The van der Waals surface area contributed by atoms with Gasteiger partial charge in [0, 0.05) is 5.56 Å². The van der Waals surface area contributed by atoms with E-state index in [0.717, 1.165) is 11.3 Å². The van der Waals surface area contributed by atoms with Gasteiger partial charge in [0.05, 0.1) is 23.5 Å². The molecule has 0 aliphatic heterocycles. The highest BCUT2D eigenvalue weighted by atomic mass is 127. The molecule has 0 bridgehead atoms. The van der Waals surface area contributed by atoms with Crippen LogP contribution in [-0.4, -0.2) is 24.2 Å². The van der Waals surface area contributed by atoms with Crippen molar-refractivity contribution >= 4 is 22.6 Å². The van der Waals surface area contributed by atoms with Crippen molar-refractivity contribution in [1.82, 2.24) is 9.97 Å². The molecule has 0 atom stereocenters. The minimum atomic E-state index is -0.126. The average Bonchev–Trinajstić information content (AvgIpc) is 2.48. The van der Waals surface area contributed by atoms with Crippen LogP contribution >= 0.6 is 22.6 Å². The summed E-state index contributed by atoms with van der Waals surface area (Å²) in [6, 6.07) is 5.44. The van der Waals surface area contributed by atoms with Crippen molar-refractivity contribution in [2.45, 2.75) is 19.8 Å². The second-order valence-corrected chi connectivity index (χ2v) is 5.92. The molecule has 0 radical (unpaired) electrons. The number of rotatable bonds is 4. The monoisotopic (exact) mass is 400 g/mol. The fraction of sp³-hybridized carbons (Fsp3) is 0.333. The van der Waals surface area contributed by atoms with Gasteiger partial charge in [-0.3, -0.25) is 4.79 Å². The molecule has 0 aliphatic carbocycles. The predicted molar refractivity (Wildman–Crippen MR) is 90.2 cm³/mol. The molecule has 0 unspecified atom stereocenters. The average molecular weight is 400 g/mol. The normalized spacial score (nSPS) is 10.8. The summed E-state index contributed by atoms with van der Waals surface area (Å²) in [6.45, 7) is 4.03. The molecule has 0 amide bonds. The number of hydrogen-bond acceptors (Lipinski definition) is 4.